The molecule has 0 saturated carbocycles. The Bertz CT molecular complexity index is 111. The average molecular weight is 160 g/mol. The number of hydrogen-bond acceptors (Lipinski definition) is 2. The first kappa shape index (κ1) is 8.94. The topological polar surface area (TPSA) is 24.1 Å². The molecule has 0 aromatic heterocycles. The molecule has 3 heteroatoms. The van der Waals surface area contributed by atoms with Gasteiger partial charge in [0.2, 0.25) is 0 Å². The second-order valence-electron chi connectivity index (χ2n) is 3.18. The maximum Gasteiger partial charge on any atom is 0.125 e. The average Bonchev–Trinajstić information content (AvgIpc) is 2.03. The van der Waals surface area contributed by atoms with Crippen LogP contribution in [0.25, 0.3) is 0 Å². The second kappa shape index (κ2) is 4.02. The molecule has 0 aromatic rings. The molecule has 0 aromatic carbocycles. The molecule has 1 fully saturated rings. The molecule has 0 atom stereocenters. The summed E-state index contributed by atoms with van der Waals surface area (Å²) in [5, 5.41) is 6.20. The van der Waals surface area contributed by atoms with Crippen molar-refractivity contribution in [3.8, 4) is 0 Å². The summed E-state index contributed by atoms with van der Waals surface area (Å²) in [4.78, 5) is 0. The van der Waals surface area contributed by atoms with E-state index in [2.05, 4.69) is 10.6 Å². The number of piperidine rings is 1. The number of hydrogen-bond donors (Lipinski definition) is 2. The monoisotopic (exact) mass is 160 g/mol. The molecular weight excluding hydrogens is 143 g/mol. The molecule has 0 radical (unpaired) electrons. The summed E-state index contributed by atoms with van der Waals surface area (Å²) < 4.78 is 13.7. The fourth-order valence-electron chi connectivity index (χ4n) is 1.40. The van der Waals surface area contributed by atoms with Crippen LogP contribution in [0, 0.1) is 0 Å². The van der Waals surface area contributed by atoms with Crippen molar-refractivity contribution in [2.24, 2.45) is 0 Å². The first-order valence-electron chi connectivity index (χ1n) is 4.37. The van der Waals surface area contributed by atoms with Gasteiger partial charge in [0, 0.05) is 6.54 Å². The van der Waals surface area contributed by atoms with Crippen molar-refractivity contribution in [2.75, 3.05) is 26.2 Å². The largest absolute Gasteiger partial charge is 0.316 e. The van der Waals surface area contributed by atoms with Crippen LogP contribution in [0.1, 0.15) is 19.8 Å². The van der Waals surface area contributed by atoms with Crippen molar-refractivity contribution in [1.82, 2.24) is 10.6 Å². The molecular formula is C8H17FN2. The highest BCUT2D eigenvalue weighted by Crippen LogP contribution is 2.21. The standard InChI is InChI=1S/C8H17FN2/c1-2-10-7-8(9)3-5-11-6-4-8/h10-11H,2-7H2,1H3. The Kier molecular flexibility index (Phi) is 3.27. The lowest BCUT2D eigenvalue weighted by atomic mass is 9.94. The zero-order valence-corrected chi connectivity index (χ0v) is 7.12. The highest BCUT2D eigenvalue weighted by molar-refractivity contribution is 4.86. The fourth-order valence-corrected chi connectivity index (χ4v) is 1.40. The predicted octanol–water partition coefficient (Wildman–Crippen LogP) is 0.688. The molecule has 66 valence electrons. The zero-order valence-electron chi connectivity index (χ0n) is 7.12. The summed E-state index contributed by atoms with van der Waals surface area (Å²) in [5.41, 5.74) is -0.943. The van der Waals surface area contributed by atoms with Crippen LogP contribution >= 0.6 is 0 Å². The van der Waals surface area contributed by atoms with Crippen LogP contribution < -0.4 is 10.6 Å². The third-order valence-electron chi connectivity index (χ3n) is 2.19. The number of nitrogens with one attached hydrogen (secondary N) is 2. The summed E-state index contributed by atoms with van der Waals surface area (Å²) in [6, 6.07) is 0. The SMILES string of the molecule is CCNCC1(F)CCNCC1. The second-order valence-corrected chi connectivity index (χ2v) is 3.18. The van der Waals surface area contributed by atoms with E-state index < -0.39 is 5.67 Å². The van der Waals surface area contributed by atoms with Crippen LogP contribution in [-0.4, -0.2) is 31.8 Å². The highest BCUT2D eigenvalue weighted by atomic mass is 19.1. The van der Waals surface area contributed by atoms with Crippen LogP contribution in [0.5, 0.6) is 0 Å². The third-order valence-corrected chi connectivity index (χ3v) is 2.19. The smallest absolute Gasteiger partial charge is 0.125 e. The third kappa shape index (κ3) is 2.75. The van der Waals surface area contributed by atoms with E-state index in [4.69, 9.17) is 0 Å². The van der Waals surface area contributed by atoms with E-state index in [1.165, 1.54) is 0 Å². The minimum atomic E-state index is -0.943. The molecule has 0 aliphatic carbocycles. The lowest BCUT2D eigenvalue weighted by Gasteiger charge is -2.29. The molecule has 1 rings (SSSR count). The van der Waals surface area contributed by atoms with Gasteiger partial charge in [0.1, 0.15) is 5.67 Å². The van der Waals surface area contributed by atoms with E-state index in [9.17, 15) is 4.39 Å². The minimum absolute atomic E-state index is 0.519. The van der Waals surface area contributed by atoms with Gasteiger partial charge in [-0.05, 0) is 32.5 Å². The first-order valence-corrected chi connectivity index (χ1v) is 4.37. The molecule has 1 heterocycles. The van der Waals surface area contributed by atoms with Gasteiger partial charge in [-0.1, -0.05) is 6.92 Å². The molecule has 0 amide bonds. The summed E-state index contributed by atoms with van der Waals surface area (Å²) in [7, 11) is 0. The molecule has 1 saturated heterocycles. The van der Waals surface area contributed by atoms with Crippen molar-refractivity contribution in [3.63, 3.8) is 0 Å². The van der Waals surface area contributed by atoms with Gasteiger partial charge in [-0.15, -0.1) is 0 Å². The van der Waals surface area contributed by atoms with Gasteiger partial charge in [0.05, 0.1) is 0 Å². The summed E-state index contributed by atoms with van der Waals surface area (Å²) in [5.74, 6) is 0. The van der Waals surface area contributed by atoms with E-state index in [0.29, 0.717) is 19.4 Å². The Balaban J connectivity index is 2.25. The predicted molar refractivity (Wildman–Crippen MR) is 44.5 cm³/mol. The van der Waals surface area contributed by atoms with Gasteiger partial charge in [0.25, 0.3) is 0 Å². The Morgan fingerprint density at radius 2 is 2.09 bits per heavy atom. The van der Waals surface area contributed by atoms with Gasteiger partial charge < -0.3 is 10.6 Å². The van der Waals surface area contributed by atoms with E-state index in [-0.39, 0.29) is 0 Å². The van der Waals surface area contributed by atoms with Crippen LogP contribution in [0.15, 0.2) is 0 Å². The minimum Gasteiger partial charge on any atom is -0.316 e. The Morgan fingerprint density at radius 1 is 1.45 bits per heavy atom. The van der Waals surface area contributed by atoms with Crippen LogP contribution in [0.3, 0.4) is 0 Å². The van der Waals surface area contributed by atoms with Crippen LogP contribution in [-0.2, 0) is 0 Å². The molecule has 1 aliphatic rings. The van der Waals surface area contributed by atoms with Crippen molar-refractivity contribution < 1.29 is 4.39 Å². The normalized spacial score (nSPS) is 23.5. The van der Waals surface area contributed by atoms with Crippen molar-refractivity contribution >= 4 is 0 Å². The van der Waals surface area contributed by atoms with Gasteiger partial charge in [-0.2, -0.15) is 0 Å². The van der Waals surface area contributed by atoms with E-state index in [1.807, 2.05) is 6.92 Å². The lowest BCUT2D eigenvalue weighted by molar-refractivity contribution is 0.115. The molecule has 0 spiro atoms. The van der Waals surface area contributed by atoms with Gasteiger partial charge in [0.15, 0.2) is 0 Å². The Labute approximate surface area is 67.6 Å². The van der Waals surface area contributed by atoms with Gasteiger partial charge in [-0.25, -0.2) is 4.39 Å². The lowest BCUT2D eigenvalue weighted by Crippen LogP contribution is -2.45. The van der Waals surface area contributed by atoms with Gasteiger partial charge >= 0.3 is 0 Å². The van der Waals surface area contributed by atoms with Crippen LogP contribution in [0.4, 0.5) is 4.39 Å². The van der Waals surface area contributed by atoms with Crippen molar-refractivity contribution in [3.05, 3.63) is 0 Å². The Hall–Kier alpha value is -0.150. The van der Waals surface area contributed by atoms with Crippen molar-refractivity contribution in [2.45, 2.75) is 25.4 Å². The number of halogens is 1. The first-order chi connectivity index (χ1) is 5.27. The quantitative estimate of drug-likeness (QED) is 0.634. The molecule has 2 N–H and O–H groups in total. The molecule has 0 bridgehead atoms. The number of rotatable bonds is 3. The maximum absolute atomic E-state index is 13.7. The van der Waals surface area contributed by atoms with E-state index in [0.717, 1.165) is 19.6 Å². The molecule has 1 aliphatic heterocycles. The zero-order chi connectivity index (χ0) is 8.16. The molecule has 11 heavy (non-hydrogen) atoms. The molecule has 0 unspecified atom stereocenters. The van der Waals surface area contributed by atoms with Crippen molar-refractivity contribution in [1.29, 1.82) is 0 Å². The van der Waals surface area contributed by atoms with E-state index >= 15 is 0 Å². The summed E-state index contributed by atoms with van der Waals surface area (Å²) >= 11 is 0. The highest BCUT2D eigenvalue weighted by Gasteiger charge is 2.30. The van der Waals surface area contributed by atoms with E-state index in [1.54, 1.807) is 0 Å². The van der Waals surface area contributed by atoms with Gasteiger partial charge in [-0.3, -0.25) is 0 Å². The summed E-state index contributed by atoms with van der Waals surface area (Å²) in [6.45, 7) is 5.03. The maximum atomic E-state index is 13.7. The summed E-state index contributed by atoms with van der Waals surface area (Å²) in [6.07, 6.45) is 1.31. The number of alkyl halides is 1. The van der Waals surface area contributed by atoms with Crippen LogP contribution in [0.2, 0.25) is 0 Å². The fraction of sp³-hybridized carbons (Fsp3) is 1.00. The Morgan fingerprint density at radius 3 is 2.64 bits per heavy atom. The molecule has 2 nitrogen and oxygen atoms in total.